The van der Waals surface area contributed by atoms with Crippen LogP contribution in [0.15, 0.2) is 36.4 Å². The Labute approximate surface area is 174 Å². The van der Waals surface area contributed by atoms with Gasteiger partial charge in [-0.25, -0.2) is 0 Å². The van der Waals surface area contributed by atoms with Crippen molar-refractivity contribution in [2.75, 3.05) is 34.4 Å². The van der Waals surface area contributed by atoms with Crippen molar-refractivity contribution < 1.29 is 28.8 Å². The number of hydrogen-bond donors (Lipinski definition) is 2. The number of carbonyl (C=O) groups excluding carboxylic acids is 1. The molecule has 0 aliphatic carbocycles. The number of ether oxygens (including phenoxy) is 3. The number of amides is 1. The van der Waals surface area contributed by atoms with E-state index < -0.39 is 16.5 Å². The van der Waals surface area contributed by atoms with Gasteiger partial charge in [-0.2, -0.15) is 0 Å². The monoisotopic (exact) mass is 416 g/mol. The van der Waals surface area contributed by atoms with Gasteiger partial charge in [0, 0.05) is 18.1 Å². The van der Waals surface area contributed by atoms with Gasteiger partial charge in [-0.3, -0.25) is 14.9 Å². The van der Waals surface area contributed by atoms with Gasteiger partial charge in [0.25, 0.3) is 5.91 Å². The lowest BCUT2D eigenvalue weighted by Crippen LogP contribution is -3.09. The normalized spacial score (nSPS) is 18.0. The molecular formula is C21H26N3O6+. The molecule has 3 rings (SSSR count). The van der Waals surface area contributed by atoms with Crippen molar-refractivity contribution in [2.45, 2.75) is 19.0 Å². The number of nitrogens with zero attached hydrogens (tertiary/aromatic N) is 1. The third-order valence-corrected chi connectivity index (χ3v) is 5.24. The summed E-state index contributed by atoms with van der Waals surface area (Å²) in [5.41, 5.74) is 0.671. The van der Waals surface area contributed by atoms with E-state index in [2.05, 4.69) is 17.4 Å². The molecule has 0 saturated carbocycles. The summed E-state index contributed by atoms with van der Waals surface area (Å²) in [5.74, 6) is -0.419. The zero-order valence-corrected chi connectivity index (χ0v) is 17.3. The average molecular weight is 416 g/mol. The van der Waals surface area contributed by atoms with Crippen LogP contribution in [-0.2, 0) is 6.54 Å². The first-order chi connectivity index (χ1) is 14.5. The summed E-state index contributed by atoms with van der Waals surface area (Å²) in [7, 11) is 4.03. The van der Waals surface area contributed by atoms with Crippen LogP contribution < -0.4 is 24.4 Å². The molecule has 9 heteroatoms. The maximum Gasteiger partial charge on any atom is 0.327 e. The molecule has 1 unspecified atom stereocenters. The molecule has 0 radical (unpaired) electrons. The molecule has 0 aromatic heterocycles. The van der Waals surface area contributed by atoms with Crippen molar-refractivity contribution in [3.8, 4) is 17.2 Å². The number of nitrogens with one attached hydrogen (secondary N) is 2. The van der Waals surface area contributed by atoms with E-state index in [0.717, 1.165) is 26.1 Å². The van der Waals surface area contributed by atoms with Crippen molar-refractivity contribution in [1.82, 2.24) is 5.32 Å². The third kappa shape index (κ3) is 4.46. The largest absolute Gasteiger partial charge is 0.493 e. The molecule has 1 amide bonds. The first kappa shape index (κ1) is 21.4. The SMILES string of the molecule is COc1cc(C(=O)N[C@@H]2CC[NH+](Cc3ccccc3)C2)c([N+](=O)[O-])c(OC)c1OC. The number of methoxy groups -OCH3 is 3. The number of carbonyl (C=O) groups is 1. The molecule has 160 valence electrons. The molecule has 1 heterocycles. The lowest BCUT2D eigenvalue weighted by molar-refractivity contribution is -0.901. The second-order valence-electron chi connectivity index (χ2n) is 7.12. The topological polar surface area (TPSA) is 104 Å². The summed E-state index contributed by atoms with van der Waals surface area (Å²) in [4.78, 5) is 25.4. The van der Waals surface area contributed by atoms with E-state index in [1.807, 2.05) is 18.2 Å². The highest BCUT2D eigenvalue weighted by Crippen LogP contribution is 2.46. The fraction of sp³-hybridized carbons (Fsp3) is 0.381. The molecule has 1 fully saturated rings. The first-order valence-electron chi connectivity index (χ1n) is 9.64. The van der Waals surface area contributed by atoms with Gasteiger partial charge in [0.15, 0.2) is 5.75 Å². The summed E-state index contributed by atoms with van der Waals surface area (Å²) in [6, 6.07) is 11.4. The number of benzene rings is 2. The van der Waals surface area contributed by atoms with Crippen LogP contribution >= 0.6 is 0 Å². The quantitative estimate of drug-likeness (QED) is 0.495. The Balaban J connectivity index is 1.79. The number of nitro groups is 1. The fourth-order valence-corrected chi connectivity index (χ4v) is 3.86. The minimum absolute atomic E-state index is 0.0718. The van der Waals surface area contributed by atoms with Crippen LogP contribution in [-0.4, -0.2) is 51.3 Å². The molecule has 2 N–H and O–H groups in total. The van der Waals surface area contributed by atoms with Gasteiger partial charge in [0.05, 0.1) is 45.4 Å². The Hall–Kier alpha value is -3.33. The standard InChI is InChI=1S/C21H25N3O6/c1-28-17-11-16(18(24(26)27)20(30-3)19(17)29-2)21(25)22-15-9-10-23(13-15)12-14-7-5-4-6-8-14/h4-8,11,15H,9-10,12-13H2,1-3H3,(H,22,25)/p+1/t15-/m1/s1. The van der Waals surface area contributed by atoms with Crippen molar-refractivity contribution in [1.29, 1.82) is 0 Å². The molecular weight excluding hydrogens is 390 g/mol. The Kier molecular flexibility index (Phi) is 6.73. The number of hydrogen-bond acceptors (Lipinski definition) is 6. The van der Waals surface area contributed by atoms with E-state index >= 15 is 0 Å². The van der Waals surface area contributed by atoms with Crippen LogP contribution in [0.25, 0.3) is 0 Å². The smallest absolute Gasteiger partial charge is 0.327 e. The van der Waals surface area contributed by atoms with Gasteiger partial charge in [0.2, 0.25) is 11.5 Å². The van der Waals surface area contributed by atoms with Crippen molar-refractivity contribution in [2.24, 2.45) is 0 Å². The fourth-order valence-electron chi connectivity index (χ4n) is 3.86. The zero-order valence-electron chi connectivity index (χ0n) is 17.3. The summed E-state index contributed by atoms with van der Waals surface area (Å²) >= 11 is 0. The predicted molar refractivity (Wildman–Crippen MR) is 109 cm³/mol. The number of likely N-dealkylation sites (tertiary alicyclic amines) is 1. The molecule has 2 atom stereocenters. The van der Waals surface area contributed by atoms with Gasteiger partial charge in [-0.15, -0.1) is 0 Å². The molecule has 9 nitrogen and oxygen atoms in total. The van der Waals surface area contributed by atoms with Gasteiger partial charge in [-0.1, -0.05) is 30.3 Å². The van der Waals surface area contributed by atoms with Crippen LogP contribution in [0, 0.1) is 10.1 Å². The van der Waals surface area contributed by atoms with Gasteiger partial charge < -0.3 is 24.4 Å². The molecule has 0 bridgehead atoms. The lowest BCUT2D eigenvalue weighted by atomic mass is 10.1. The Morgan fingerprint density at radius 2 is 1.87 bits per heavy atom. The molecule has 30 heavy (non-hydrogen) atoms. The minimum atomic E-state index is -0.642. The predicted octanol–water partition coefficient (Wildman–Crippen LogP) is 1.21. The van der Waals surface area contributed by atoms with Gasteiger partial charge in [0.1, 0.15) is 12.1 Å². The summed E-state index contributed by atoms with van der Waals surface area (Å²) in [6.45, 7) is 2.54. The second kappa shape index (κ2) is 9.45. The Morgan fingerprint density at radius 1 is 1.17 bits per heavy atom. The molecule has 2 aromatic rings. The maximum absolute atomic E-state index is 13.0. The minimum Gasteiger partial charge on any atom is -0.493 e. The molecule has 1 aliphatic heterocycles. The average Bonchev–Trinajstić information content (AvgIpc) is 3.18. The molecule has 2 aromatic carbocycles. The van der Waals surface area contributed by atoms with Crippen molar-refractivity contribution in [3.63, 3.8) is 0 Å². The highest BCUT2D eigenvalue weighted by Gasteiger charge is 2.34. The van der Waals surface area contributed by atoms with Crippen molar-refractivity contribution in [3.05, 3.63) is 57.6 Å². The highest BCUT2D eigenvalue weighted by atomic mass is 16.6. The molecule has 1 saturated heterocycles. The first-order valence-corrected chi connectivity index (χ1v) is 9.64. The van der Waals surface area contributed by atoms with E-state index in [1.165, 1.54) is 37.9 Å². The summed E-state index contributed by atoms with van der Waals surface area (Å²) in [5, 5.41) is 14.6. The van der Waals surface area contributed by atoms with Gasteiger partial charge >= 0.3 is 5.69 Å². The van der Waals surface area contributed by atoms with Crippen LogP contribution in [0.1, 0.15) is 22.3 Å². The highest BCUT2D eigenvalue weighted by molar-refractivity contribution is 6.00. The molecule has 1 aliphatic rings. The lowest BCUT2D eigenvalue weighted by Gasteiger charge is -2.16. The number of nitro benzene ring substituents is 1. The van der Waals surface area contributed by atoms with E-state index in [0.29, 0.717) is 0 Å². The maximum atomic E-state index is 13.0. The number of quaternary nitrogens is 1. The zero-order chi connectivity index (χ0) is 21.7. The second-order valence-corrected chi connectivity index (χ2v) is 7.12. The third-order valence-electron chi connectivity index (χ3n) is 5.24. The van der Waals surface area contributed by atoms with Crippen LogP contribution in [0.5, 0.6) is 17.2 Å². The van der Waals surface area contributed by atoms with Crippen LogP contribution in [0.3, 0.4) is 0 Å². The van der Waals surface area contributed by atoms with Gasteiger partial charge in [-0.05, 0) is 0 Å². The summed E-state index contributed by atoms with van der Waals surface area (Å²) in [6.07, 6.45) is 0.798. The van der Waals surface area contributed by atoms with Crippen molar-refractivity contribution >= 4 is 11.6 Å². The Bertz CT molecular complexity index is 919. The van der Waals surface area contributed by atoms with E-state index in [-0.39, 0.29) is 28.9 Å². The van der Waals surface area contributed by atoms with E-state index in [4.69, 9.17) is 14.2 Å². The van der Waals surface area contributed by atoms with E-state index in [9.17, 15) is 14.9 Å². The summed E-state index contributed by atoms with van der Waals surface area (Å²) < 4.78 is 15.6. The Morgan fingerprint density at radius 3 is 2.47 bits per heavy atom. The van der Waals surface area contributed by atoms with Crippen LogP contribution in [0.4, 0.5) is 5.69 Å². The molecule has 0 spiro atoms. The number of rotatable bonds is 8. The van der Waals surface area contributed by atoms with Crippen LogP contribution in [0.2, 0.25) is 0 Å². The van der Waals surface area contributed by atoms with E-state index in [1.54, 1.807) is 0 Å².